The van der Waals surface area contributed by atoms with E-state index in [1.165, 1.54) is 0 Å². The molecule has 1 atom stereocenters. The molecule has 0 fully saturated rings. The molecule has 0 saturated heterocycles. The Balaban J connectivity index is 2.82. The van der Waals surface area contributed by atoms with Gasteiger partial charge < -0.3 is 16.2 Å². The lowest BCUT2D eigenvalue weighted by atomic mass is 10.1. The van der Waals surface area contributed by atoms with E-state index in [1.807, 2.05) is 13.8 Å². The molecule has 4 nitrogen and oxygen atoms in total. The van der Waals surface area contributed by atoms with Crippen molar-refractivity contribution in [1.82, 2.24) is 0 Å². The van der Waals surface area contributed by atoms with Crippen molar-refractivity contribution < 1.29 is 9.53 Å². The number of ether oxygens (including phenoxy) is 1. The maximum Gasteiger partial charge on any atom is 0.306 e. The Kier molecular flexibility index (Phi) is 4.82. The van der Waals surface area contributed by atoms with E-state index in [2.05, 4.69) is 0 Å². The smallest absolute Gasteiger partial charge is 0.306 e. The van der Waals surface area contributed by atoms with Gasteiger partial charge in [0.25, 0.3) is 0 Å². The number of hydrogen-bond donors (Lipinski definition) is 2. The zero-order valence-electron chi connectivity index (χ0n) is 10.4. The predicted molar refractivity (Wildman–Crippen MR) is 69.3 cm³/mol. The van der Waals surface area contributed by atoms with Crippen molar-refractivity contribution >= 4 is 17.3 Å². The van der Waals surface area contributed by atoms with Crippen molar-refractivity contribution in [2.75, 3.05) is 11.5 Å². The SMILES string of the molecule is CCCC(=O)OC(CC)c1cc(N)cc(N)c1. The number of esters is 1. The predicted octanol–water partition coefficient (Wildman–Crippen LogP) is 2.65. The molecule has 0 aliphatic rings. The van der Waals surface area contributed by atoms with E-state index in [-0.39, 0.29) is 12.1 Å². The lowest BCUT2D eigenvalue weighted by Gasteiger charge is -2.17. The Bertz CT molecular complexity index is 371. The first kappa shape index (κ1) is 13.4. The van der Waals surface area contributed by atoms with E-state index >= 15 is 0 Å². The van der Waals surface area contributed by atoms with Crippen LogP contribution in [0.5, 0.6) is 0 Å². The van der Waals surface area contributed by atoms with Crippen molar-refractivity contribution in [3.8, 4) is 0 Å². The van der Waals surface area contributed by atoms with E-state index in [9.17, 15) is 4.79 Å². The molecular weight excluding hydrogens is 216 g/mol. The Morgan fingerprint density at radius 2 is 1.82 bits per heavy atom. The van der Waals surface area contributed by atoms with Crippen molar-refractivity contribution in [1.29, 1.82) is 0 Å². The van der Waals surface area contributed by atoms with Gasteiger partial charge in [-0.3, -0.25) is 4.79 Å². The molecular formula is C13H20N2O2. The van der Waals surface area contributed by atoms with Gasteiger partial charge >= 0.3 is 5.97 Å². The summed E-state index contributed by atoms with van der Waals surface area (Å²) in [6, 6.07) is 5.28. The van der Waals surface area contributed by atoms with Gasteiger partial charge in [-0.1, -0.05) is 13.8 Å². The second-order valence-electron chi connectivity index (χ2n) is 4.07. The highest BCUT2D eigenvalue weighted by Gasteiger charge is 2.15. The number of nitrogen functional groups attached to an aromatic ring is 2. The van der Waals surface area contributed by atoms with Crippen LogP contribution in [0, 0.1) is 0 Å². The first-order valence-electron chi connectivity index (χ1n) is 5.92. The van der Waals surface area contributed by atoms with Gasteiger partial charge in [0.15, 0.2) is 0 Å². The maximum absolute atomic E-state index is 11.5. The second-order valence-corrected chi connectivity index (χ2v) is 4.07. The third-order valence-electron chi connectivity index (χ3n) is 2.47. The summed E-state index contributed by atoms with van der Waals surface area (Å²) in [5.41, 5.74) is 13.5. The van der Waals surface area contributed by atoms with Crippen LogP contribution >= 0.6 is 0 Å². The van der Waals surface area contributed by atoms with Gasteiger partial charge in [-0.05, 0) is 36.6 Å². The third-order valence-corrected chi connectivity index (χ3v) is 2.47. The van der Waals surface area contributed by atoms with Crippen LogP contribution in [0.3, 0.4) is 0 Å². The molecule has 17 heavy (non-hydrogen) atoms. The van der Waals surface area contributed by atoms with Crippen LogP contribution in [0.1, 0.15) is 44.8 Å². The van der Waals surface area contributed by atoms with Gasteiger partial charge in [0.1, 0.15) is 6.10 Å². The van der Waals surface area contributed by atoms with Gasteiger partial charge in [-0.25, -0.2) is 0 Å². The van der Waals surface area contributed by atoms with Crippen molar-refractivity contribution in [3.05, 3.63) is 23.8 Å². The monoisotopic (exact) mass is 236 g/mol. The standard InChI is InChI=1S/C13H20N2O2/c1-3-5-13(16)17-12(4-2)9-6-10(14)8-11(15)7-9/h6-8,12H,3-5,14-15H2,1-2H3. The van der Waals surface area contributed by atoms with Gasteiger partial charge in [-0.2, -0.15) is 0 Å². The fourth-order valence-corrected chi connectivity index (χ4v) is 1.70. The van der Waals surface area contributed by atoms with Crippen molar-refractivity contribution in [2.24, 2.45) is 0 Å². The molecule has 0 bridgehead atoms. The molecule has 0 aliphatic carbocycles. The number of rotatable bonds is 5. The molecule has 0 spiro atoms. The number of carbonyl (C=O) groups is 1. The van der Waals surface area contributed by atoms with Crippen molar-refractivity contribution in [2.45, 2.75) is 39.2 Å². The number of nitrogens with two attached hydrogens (primary N) is 2. The first-order valence-corrected chi connectivity index (χ1v) is 5.92. The average molecular weight is 236 g/mol. The van der Waals surface area contributed by atoms with Gasteiger partial charge in [0, 0.05) is 17.8 Å². The third kappa shape index (κ3) is 3.98. The molecule has 0 amide bonds. The second kappa shape index (κ2) is 6.13. The molecule has 0 aliphatic heterocycles. The molecule has 1 aromatic rings. The quantitative estimate of drug-likeness (QED) is 0.608. The number of anilines is 2. The summed E-state index contributed by atoms with van der Waals surface area (Å²) in [5.74, 6) is -0.180. The molecule has 0 aromatic heterocycles. The van der Waals surface area contributed by atoms with E-state index in [0.717, 1.165) is 12.0 Å². The lowest BCUT2D eigenvalue weighted by Crippen LogP contribution is -2.11. The fraction of sp³-hybridized carbons (Fsp3) is 0.462. The highest BCUT2D eigenvalue weighted by Crippen LogP contribution is 2.26. The zero-order valence-corrected chi connectivity index (χ0v) is 10.4. The van der Waals surface area contributed by atoms with Crippen molar-refractivity contribution in [3.63, 3.8) is 0 Å². The number of benzene rings is 1. The average Bonchev–Trinajstić information content (AvgIpc) is 2.24. The van der Waals surface area contributed by atoms with Crippen LogP contribution in [-0.4, -0.2) is 5.97 Å². The van der Waals surface area contributed by atoms with Crippen LogP contribution in [0.2, 0.25) is 0 Å². The van der Waals surface area contributed by atoms with Crippen LogP contribution < -0.4 is 11.5 Å². The zero-order chi connectivity index (χ0) is 12.8. The Labute approximate surface area is 102 Å². The Morgan fingerprint density at radius 1 is 1.24 bits per heavy atom. The van der Waals surface area contributed by atoms with E-state index in [0.29, 0.717) is 24.2 Å². The molecule has 1 unspecified atom stereocenters. The van der Waals surface area contributed by atoms with Gasteiger partial charge in [0.2, 0.25) is 0 Å². The number of hydrogen-bond acceptors (Lipinski definition) is 4. The topological polar surface area (TPSA) is 78.3 Å². The normalized spacial score (nSPS) is 12.1. The summed E-state index contributed by atoms with van der Waals surface area (Å²) in [6.45, 7) is 3.91. The first-order chi connectivity index (χ1) is 8.06. The molecule has 0 radical (unpaired) electrons. The highest BCUT2D eigenvalue weighted by atomic mass is 16.5. The largest absolute Gasteiger partial charge is 0.457 e. The lowest BCUT2D eigenvalue weighted by molar-refractivity contribution is -0.149. The minimum atomic E-state index is -0.264. The van der Waals surface area contributed by atoms with E-state index in [1.54, 1.807) is 18.2 Å². The maximum atomic E-state index is 11.5. The minimum Gasteiger partial charge on any atom is -0.457 e. The Hall–Kier alpha value is -1.71. The summed E-state index contributed by atoms with van der Waals surface area (Å²) in [6.07, 6.45) is 1.67. The molecule has 1 rings (SSSR count). The summed E-state index contributed by atoms with van der Waals surface area (Å²) in [7, 11) is 0. The molecule has 4 heteroatoms. The van der Waals surface area contributed by atoms with Crippen LogP contribution in [0.15, 0.2) is 18.2 Å². The molecule has 0 saturated carbocycles. The molecule has 1 aromatic carbocycles. The summed E-state index contributed by atoms with van der Waals surface area (Å²) >= 11 is 0. The highest BCUT2D eigenvalue weighted by molar-refractivity contribution is 5.69. The molecule has 94 valence electrons. The molecule has 4 N–H and O–H groups in total. The van der Waals surface area contributed by atoms with Crippen LogP contribution in [0.4, 0.5) is 11.4 Å². The number of carbonyl (C=O) groups excluding carboxylic acids is 1. The molecule has 0 heterocycles. The van der Waals surface area contributed by atoms with Crippen LogP contribution in [0.25, 0.3) is 0 Å². The van der Waals surface area contributed by atoms with Gasteiger partial charge in [0.05, 0.1) is 0 Å². The van der Waals surface area contributed by atoms with E-state index in [4.69, 9.17) is 16.2 Å². The summed E-state index contributed by atoms with van der Waals surface area (Å²) < 4.78 is 5.39. The van der Waals surface area contributed by atoms with Gasteiger partial charge in [-0.15, -0.1) is 0 Å². The summed E-state index contributed by atoms with van der Waals surface area (Å²) in [5, 5.41) is 0. The Morgan fingerprint density at radius 3 is 2.29 bits per heavy atom. The minimum absolute atomic E-state index is 0.180. The fourth-order valence-electron chi connectivity index (χ4n) is 1.70. The van der Waals surface area contributed by atoms with E-state index < -0.39 is 0 Å². The summed E-state index contributed by atoms with van der Waals surface area (Å²) in [4.78, 5) is 11.5. The van der Waals surface area contributed by atoms with Crippen LogP contribution in [-0.2, 0) is 9.53 Å².